The first-order valence-corrected chi connectivity index (χ1v) is 19.6. The predicted octanol–water partition coefficient (Wildman–Crippen LogP) is 4.85. The number of carboxylic acids is 1. The largest absolute Gasteiger partial charge is 0.481 e. The number of aliphatic carboxylic acids is 1. The van der Waals surface area contributed by atoms with E-state index in [0.717, 1.165) is 37.7 Å². The molecule has 2 aliphatic rings. The fourth-order valence-corrected chi connectivity index (χ4v) is 7.38. The Morgan fingerprint density at radius 3 is 2.27 bits per heavy atom. The van der Waals surface area contributed by atoms with Gasteiger partial charge in [0, 0.05) is 39.1 Å². The number of amides is 3. The van der Waals surface area contributed by atoms with Crippen LogP contribution in [0.4, 0.5) is 0 Å². The summed E-state index contributed by atoms with van der Waals surface area (Å²) in [6, 6.07) is 9.05. The molecule has 0 radical (unpaired) electrons. The van der Waals surface area contributed by atoms with Crippen LogP contribution in [0, 0.1) is 17.8 Å². The lowest BCUT2D eigenvalue weighted by Gasteiger charge is -2.36. The monoisotopic (exact) mass is 731 g/mol. The Morgan fingerprint density at radius 1 is 0.962 bits per heavy atom. The molecular weight excluding hydrogens is 666 g/mol. The number of rotatable bonds is 23. The lowest BCUT2D eigenvalue weighted by Crippen LogP contribution is -2.52. The molecule has 1 heterocycles. The minimum Gasteiger partial charge on any atom is -0.481 e. The van der Waals surface area contributed by atoms with E-state index in [2.05, 4.69) is 10.6 Å². The van der Waals surface area contributed by atoms with Crippen molar-refractivity contribution in [1.29, 1.82) is 0 Å². The molecule has 1 aliphatic carbocycles. The van der Waals surface area contributed by atoms with Crippen LogP contribution >= 0.6 is 0 Å². The maximum absolute atomic E-state index is 14.3. The first-order chi connectivity index (χ1) is 25.0. The third kappa shape index (κ3) is 15.1. The zero-order valence-corrected chi connectivity index (χ0v) is 31.9. The Bertz CT molecular complexity index is 1200. The first kappa shape index (κ1) is 43.3. The van der Waals surface area contributed by atoms with Gasteiger partial charge in [0.25, 0.3) is 5.91 Å². The highest BCUT2D eigenvalue weighted by Crippen LogP contribution is 2.30. The second-order valence-electron chi connectivity index (χ2n) is 15.0. The van der Waals surface area contributed by atoms with Crippen molar-refractivity contribution < 1.29 is 43.6 Å². The van der Waals surface area contributed by atoms with Crippen LogP contribution in [0.3, 0.4) is 0 Å². The summed E-state index contributed by atoms with van der Waals surface area (Å²) in [5, 5.41) is 26.6. The molecule has 3 amide bonds. The van der Waals surface area contributed by atoms with Gasteiger partial charge in [0.2, 0.25) is 11.8 Å². The van der Waals surface area contributed by atoms with Crippen LogP contribution in [0.25, 0.3) is 0 Å². The molecule has 0 aromatic heterocycles. The number of nitrogens with zero attached hydrogens (tertiary/aromatic N) is 1. The molecule has 0 spiro atoms. The van der Waals surface area contributed by atoms with E-state index in [4.69, 9.17) is 19.3 Å². The predicted molar refractivity (Wildman–Crippen MR) is 198 cm³/mol. The molecule has 5 atom stereocenters. The van der Waals surface area contributed by atoms with Crippen LogP contribution in [-0.2, 0) is 39.8 Å². The molecule has 294 valence electrons. The van der Waals surface area contributed by atoms with Crippen LogP contribution in [0.1, 0.15) is 110 Å². The van der Waals surface area contributed by atoms with Crippen molar-refractivity contribution in [2.45, 2.75) is 141 Å². The van der Waals surface area contributed by atoms with Gasteiger partial charge in [0.15, 0.2) is 0 Å². The van der Waals surface area contributed by atoms with E-state index < -0.39 is 36.2 Å². The van der Waals surface area contributed by atoms with E-state index >= 15 is 0 Å². The second-order valence-corrected chi connectivity index (χ2v) is 15.0. The Labute approximate surface area is 310 Å². The third-order valence-electron chi connectivity index (χ3n) is 10.5. The average molecular weight is 732 g/mol. The van der Waals surface area contributed by atoms with E-state index in [1.807, 2.05) is 51.1 Å². The molecule has 1 saturated heterocycles. The number of aliphatic hydroxyl groups excluding tert-OH is 1. The summed E-state index contributed by atoms with van der Waals surface area (Å²) in [6.45, 7) is 7.10. The minimum absolute atomic E-state index is 0.00857. The molecule has 4 N–H and O–H groups in total. The fraction of sp³-hybridized carbons (Fsp3) is 0.750. The summed E-state index contributed by atoms with van der Waals surface area (Å²) in [4.78, 5) is 54.3. The molecule has 1 saturated carbocycles. The highest BCUT2D eigenvalue weighted by atomic mass is 16.7. The minimum atomic E-state index is -1.02. The highest BCUT2D eigenvalue weighted by molar-refractivity contribution is 5.84. The smallest absolute Gasteiger partial charge is 0.305 e. The average Bonchev–Trinajstić information content (AvgIpc) is 3.14. The van der Waals surface area contributed by atoms with Crippen LogP contribution in [0.15, 0.2) is 30.3 Å². The molecule has 1 aromatic carbocycles. The molecular formula is C40H65N3O9. The molecule has 2 fully saturated rings. The van der Waals surface area contributed by atoms with Gasteiger partial charge in [-0.2, -0.15) is 0 Å². The number of aliphatic hydroxyl groups is 1. The number of methoxy groups -OCH3 is 1. The number of carboxylic acid groups (broad SMARTS) is 1. The van der Waals surface area contributed by atoms with Crippen molar-refractivity contribution in [3.8, 4) is 0 Å². The van der Waals surface area contributed by atoms with Crippen LogP contribution < -0.4 is 10.6 Å². The number of unbranched alkanes of at least 4 members (excludes halogenated alkanes) is 1. The quantitative estimate of drug-likeness (QED) is 0.115. The molecule has 3 rings (SSSR count). The van der Waals surface area contributed by atoms with Gasteiger partial charge >= 0.3 is 5.97 Å². The molecule has 12 nitrogen and oxygen atoms in total. The molecule has 1 aliphatic heterocycles. The van der Waals surface area contributed by atoms with Gasteiger partial charge < -0.3 is 40.0 Å². The summed E-state index contributed by atoms with van der Waals surface area (Å²) in [5.74, 6) is -2.19. The van der Waals surface area contributed by atoms with Crippen LogP contribution in [-0.4, -0.2) is 103 Å². The summed E-state index contributed by atoms with van der Waals surface area (Å²) < 4.78 is 17.4. The van der Waals surface area contributed by atoms with Gasteiger partial charge in [0.1, 0.15) is 19.0 Å². The van der Waals surface area contributed by atoms with Gasteiger partial charge in [-0.25, -0.2) is 0 Å². The maximum Gasteiger partial charge on any atom is 0.305 e. The third-order valence-corrected chi connectivity index (χ3v) is 10.5. The normalized spacial score (nSPS) is 18.7. The van der Waals surface area contributed by atoms with Gasteiger partial charge in [-0.1, -0.05) is 96.0 Å². The van der Waals surface area contributed by atoms with Crippen molar-refractivity contribution in [2.75, 3.05) is 33.5 Å². The number of ether oxygens (including phenoxy) is 3. The fourth-order valence-electron chi connectivity index (χ4n) is 7.38. The van der Waals surface area contributed by atoms with E-state index in [0.29, 0.717) is 57.5 Å². The zero-order chi connectivity index (χ0) is 37.9. The summed E-state index contributed by atoms with van der Waals surface area (Å²) >= 11 is 0. The van der Waals surface area contributed by atoms with Gasteiger partial charge in [-0.15, -0.1) is 0 Å². The van der Waals surface area contributed by atoms with E-state index in [-0.39, 0.29) is 55.9 Å². The van der Waals surface area contributed by atoms with Crippen molar-refractivity contribution in [1.82, 2.24) is 15.5 Å². The standard InChI is InChI=1S/C40H65N3O9/c1-5-6-17-35(52-36(25-30-15-11-8-12-16-30)40(49)43-22-19-31(20-23-43)51-27-50-4)39(48)42-33(24-29-13-9-7-10-14-29)34(44)26-32(28(2)3)38(47)41-21-18-37(45)46/h8,11-12,15-16,28-29,31-36,44H,5-7,9-10,13-14,17-27H2,1-4H3,(H,41,47)(H,42,48)(H,45,46)/t32-,33-,34-,35-,36-/m0/s1. The lowest BCUT2D eigenvalue weighted by molar-refractivity contribution is -0.157. The van der Waals surface area contributed by atoms with E-state index in [1.54, 1.807) is 12.0 Å². The number of piperidine rings is 1. The van der Waals surface area contributed by atoms with E-state index in [1.165, 1.54) is 6.42 Å². The first-order valence-electron chi connectivity index (χ1n) is 19.6. The Kier molecular flexibility index (Phi) is 19.6. The zero-order valence-electron chi connectivity index (χ0n) is 31.9. The summed E-state index contributed by atoms with van der Waals surface area (Å²) in [7, 11) is 1.59. The second kappa shape index (κ2) is 23.6. The summed E-state index contributed by atoms with van der Waals surface area (Å²) in [6.07, 6.45) is 6.76. The van der Waals surface area contributed by atoms with E-state index in [9.17, 15) is 24.3 Å². The highest BCUT2D eigenvalue weighted by Gasteiger charge is 2.36. The number of benzene rings is 1. The summed E-state index contributed by atoms with van der Waals surface area (Å²) in [5.41, 5.74) is 0.931. The van der Waals surface area contributed by atoms with Gasteiger partial charge in [0.05, 0.1) is 24.7 Å². The molecule has 52 heavy (non-hydrogen) atoms. The number of carbonyl (C=O) groups is 4. The Balaban J connectivity index is 1.81. The molecule has 12 heteroatoms. The molecule has 0 bridgehead atoms. The Morgan fingerprint density at radius 2 is 1.65 bits per heavy atom. The topological polar surface area (TPSA) is 164 Å². The number of nitrogens with one attached hydrogen (secondary N) is 2. The number of hydrogen-bond donors (Lipinski definition) is 4. The number of hydrogen-bond acceptors (Lipinski definition) is 8. The maximum atomic E-state index is 14.3. The SMILES string of the molecule is CCCC[C@H](O[C@@H](Cc1ccccc1)C(=O)N1CCC(OCOC)CC1)C(=O)N[C@@H](CC1CCCCC1)[C@@H](O)C[C@H](C(=O)NCCC(=O)O)C(C)C. The van der Waals surface area contributed by atoms with Crippen molar-refractivity contribution >= 4 is 23.7 Å². The van der Waals surface area contributed by atoms with Crippen molar-refractivity contribution in [2.24, 2.45) is 17.8 Å². The van der Waals surface area contributed by atoms with Crippen molar-refractivity contribution in [3.05, 3.63) is 35.9 Å². The van der Waals surface area contributed by atoms with Crippen LogP contribution in [0.2, 0.25) is 0 Å². The van der Waals surface area contributed by atoms with Gasteiger partial charge in [-0.3, -0.25) is 19.2 Å². The van der Waals surface area contributed by atoms with Gasteiger partial charge in [-0.05, 0) is 49.5 Å². The lowest BCUT2D eigenvalue weighted by atomic mass is 9.81. The number of likely N-dealkylation sites (tertiary alicyclic amines) is 1. The Hall–Kier alpha value is -3.06. The van der Waals surface area contributed by atoms with Crippen molar-refractivity contribution in [3.63, 3.8) is 0 Å². The van der Waals surface area contributed by atoms with Crippen LogP contribution in [0.5, 0.6) is 0 Å². The molecule has 1 aromatic rings. The number of carbonyl (C=O) groups excluding carboxylic acids is 3. The molecule has 0 unspecified atom stereocenters.